The number of pyridine rings is 1. The zero-order chi connectivity index (χ0) is 10.4. The third-order valence-electron chi connectivity index (χ3n) is 2.89. The van der Waals surface area contributed by atoms with E-state index in [0.717, 1.165) is 11.2 Å². The summed E-state index contributed by atoms with van der Waals surface area (Å²) in [5.41, 5.74) is 3.19. The standard InChI is InChI=1S/C13H11N2/c1-9-13-11(7-8-14-9)10-5-3-4-6-12(10)15(13)2/h3-8H,1H2,2H3. The predicted octanol–water partition coefficient (Wildman–Crippen LogP) is 2.91. The van der Waals surface area contributed by atoms with Crippen molar-refractivity contribution in [3.05, 3.63) is 49.1 Å². The van der Waals surface area contributed by atoms with Crippen molar-refractivity contribution in [2.75, 3.05) is 0 Å². The number of fused-ring (bicyclic) bond motifs is 3. The molecule has 15 heavy (non-hydrogen) atoms. The molecular weight excluding hydrogens is 184 g/mol. The molecule has 0 atom stereocenters. The van der Waals surface area contributed by atoms with E-state index in [0.29, 0.717) is 0 Å². The van der Waals surface area contributed by atoms with Crippen molar-refractivity contribution in [2.45, 2.75) is 0 Å². The Balaban J connectivity index is 2.69. The SMILES string of the molecule is [CH2]c1nccc2c3ccccc3n(C)c12. The molecule has 0 bridgehead atoms. The average Bonchev–Trinajstić information content (AvgIpc) is 2.55. The molecule has 0 spiro atoms. The van der Waals surface area contributed by atoms with Crippen molar-refractivity contribution in [1.29, 1.82) is 0 Å². The van der Waals surface area contributed by atoms with Crippen molar-refractivity contribution in [3.63, 3.8) is 0 Å². The number of aromatic nitrogens is 2. The van der Waals surface area contributed by atoms with E-state index in [1.165, 1.54) is 16.3 Å². The molecule has 2 heterocycles. The highest BCUT2D eigenvalue weighted by Crippen LogP contribution is 2.28. The van der Waals surface area contributed by atoms with Crippen LogP contribution < -0.4 is 0 Å². The highest BCUT2D eigenvalue weighted by Gasteiger charge is 2.08. The number of aryl methyl sites for hydroxylation is 1. The second-order valence-electron chi connectivity index (χ2n) is 3.73. The Labute approximate surface area is 88.2 Å². The van der Waals surface area contributed by atoms with Gasteiger partial charge >= 0.3 is 0 Å². The Morgan fingerprint density at radius 2 is 1.93 bits per heavy atom. The first-order valence-electron chi connectivity index (χ1n) is 4.93. The molecule has 0 N–H and O–H groups in total. The summed E-state index contributed by atoms with van der Waals surface area (Å²) in [6, 6.07) is 10.4. The summed E-state index contributed by atoms with van der Waals surface area (Å²) in [6.45, 7) is 3.97. The highest BCUT2D eigenvalue weighted by molar-refractivity contribution is 6.08. The average molecular weight is 195 g/mol. The lowest BCUT2D eigenvalue weighted by atomic mass is 10.2. The third-order valence-corrected chi connectivity index (χ3v) is 2.89. The summed E-state index contributed by atoms with van der Waals surface area (Å²) in [5.74, 6) is 0. The van der Waals surface area contributed by atoms with E-state index in [-0.39, 0.29) is 0 Å². The van der Waals surface area contributed by atoms with Gasteiger partial charge in [0.25, 0.3) is 0 Å². The molecule has 1 radical (unpaired) electrons. The maximum atomic E-state index is 4.23. The van der Waals surface area contributed by atoms with Crippen molar-refractivity contribution in [2.24, 2.45) is 7.05 Å². The Morgan fingerprint density at radius 3 is 2.80 bits per heavy atom. The van der Waals surface area contributed by atoms with Crippen LogP contribution >= 0.6 is 0 Å². The number of nitrogens with zero attached hydrogens (tertiary/aromatic N) is 2. The van der Waals surface area contributed by atoms with Crippen LogP contribution in [-0.4, -0.2) is 9.55 Å². The smallest absolute Gasteiger partial charge is 0.0708 e. The van der Waals surface area contributed by atoms with Gasteiger partial charge in [-0.15, -0.1) is 0 Å². The third kappa shape index (κ3) is 1.02. The topological polar surface area (TPSA) is 17.8 Å². The van der Waals surface area contributed by atoms with Crippen molar-refractivity contribution in [3.8, 4) is 0 Å². The van der Waals surface area contributed by atoms with Crippen LogP contribution in [0.15, 0.2) is 36.5 Å². The minimum atomic E-state index is 0.839. The van der Waals surface area contributed by atoms with Gasteiger partial charge in [-0.25, -0.2) is 0 Å². The van der Waals surface area contributed by atoms with E-state index in [1.807, 2.05) is 12.3 Å². The minimum absolute atomic E-state index is 0.839. The highest BCUT2D eigenvalue weighted by atomic mass is 15.0. The van der Waals surface area contributed by atoms with Gasteiger partial charge in [0, 0.05) is 29.5 Å². The molecule has 2 heteroatoms. The number of hydrogen-bond donors (Lipinski definition) is 0. The van der Waals surface area contributed by atoms with Crippen LogP contribution in [0.2, 0.25) is 0 Å². The van der Waals surface area contributed by atoms with Crippen LogP contribution in [0, 0.1) is 6.92 Å². The summed E-state index contributed by atoms with van der Waals surface area (Å²) in [7, 11) is 2.06. The van der Waals surface area contributed by atoms with E-state index in [4.69, 9.17) is 0 Å². The Bertz CT molecular complexity index is 650. The lowest BCUT2D eigenvalue weighted by Gasteiger charge is -1.99. The summed E-state index contributed by atoms with van der Waals surface area (Å²) >= 11 is 0. The summed E-state index contributed by atoms with van der Waals surface area (Å²) < 4.78 is 2.15. The number of rotatable bonds is 0. The van der Waals surface area contributed by atoms with Gasteiger partial charge in [-0.3, -0.25) is 4.98 Å². The van der Waals surface area contributed by atoms with Gasteiger partial charge in [0.2, 0.25) is 0 Å². The van der Waals surface area contributed by atoms with Gasteiger partial charge in [-0.1, -0.05) is 18.2 Å². The van der Waals surface area contributed by atoms with Crippen LogP contribution in [0.4, 0.5) is 0 Å². The van der Waals surface area contributed by atoms with Crippen molar-refractivity contribution in [1.82, 2.24) is 9.55 Å². The lowest BCUT2D eigenvalue weighted by Crippen LogP contribution is -1.90. The van der Waals surface area contributed by atoms with Crippen LogP contribution in [0.25, 0.3) is 21.8 Å². The monoisotopic (exact) mass is 195 g/mol. The van der Waals surface area contributed by atoms with Gasteiger partial charge in [0.15, 0.2) is 0 Å². The quantitative estimate of drug-likeness (QED) is 0.539. The summed E-state index contributed by atoms with van der Waals surface area (Å²) in [5, 5.41) is 2.50. The Hall–Kier alpha value is -1.83. The van der Waals surface area contributed by atoms with Gasteiger partial charge in [0.05, 0.1) is 11.2 Å². The lowest BCUT2D eigenvalue weighted by molar-refractivity contribution is 1.00. The fraction of sp³-hybridized carbons (Fsp3) is 0.0769. The second kappa shape index (κ2) is 2.83. The zero-order valence-corrected chi connectivity index (χ0v) is 8.57. The van der Waals surface area contributed by atoms with Gasteiger partial charge in [-0.2, -0.15) is 0 Å². The molecule has 2 aromatic heterocycles. The molecule has 0 aliphatic carbocycles. The van der Waals surface area contributed by atoms with Gasteiger partial charge in [-0.05, 0) is 19.1 Å². The summed E-state index contributed by atoms with van der Waals surface area (Å²) in [6.07, 6.45) is 1.82. The number of para-hydroxylation sites is 1. The van der Waals surface area contributed by atoms with Crippen molar-refractivity contribution < 1.29 is 0 Å². The first kappa shape index (κ1) is 8.48. The molecule has 0 amide bonds. The molecular formula is C13H11N2. The normalized spacial score (nSPS) is 11.3. The second-order valence-corrected chi connectivity index (χ2v) is 3.73. The minimum Gasteiger partial charge on any atom is -0.342 e. The summed E-state index contributed by atoms with van der Waals surface area (Å²) in [4.78, 5) is 4.23. The Kier molecular flexibility index (Phi) is 1.60. The van der Waals surface area contributed by atoms with Crippen molar-refractivity contribution >= 4 is 21.8 Å². The molecule has 0 saturated carbocycles. The van der Waals surface area contributed by atoms with Crippen LogP contribution in [0.1, 0.15) is 5.69 Å². The fourth-order valence-electron chi connectivity index (χ4n) is 2.20. The largest absolute Gasteiger partial charge is 0.342 e. The van der Waals surface area contributed by atoms with E-state index in [1.54, 1.807) is 0 Å². The molecule has 3 aromatic rings. The fourth-order valence-corrected chi connectivity index (χ4v) is 2.20. The molecule has 3 rings (SSSR count). The van der Waals surface area contributed by atoms with E-state index < -0.39 is 0 Å². The van der Waals surface area contributed by atoms with E-state index in [2.05, 4.69) is 47.8 Å². The van der Waals surface area contributed by atoms with E-state index in [9.17, 15) is 0 Å². The van der Waals surface area contributed by atoms with Crippen LogP contribution in [0.5, 0.6) is 0 Å². The van der Waals surface area contributed by atoms with Crippen LogP contribution in [0.3, 0.4) is 0 Å². The molecule has 0 aliphatic rings. The molecule has 0 unspecified atom stereocenters. The number of benzene rings is 1. The van der Waals surface area contributed by atoms with Crippen LogP contribution in [-0.2, 0) is 7.05 Å². The Morgan fingerprint density at radius 1 is 1.13 bits per heavy atom. The predicted molar refractivity (Wildman–Crippen MR) is 62.7 cm³/mol. The maximum Gasteiger partial charge on any atom is 0.0708 e. The zero-order valence-electron chi connectivity index (χ0n) is 8.57. The van der Waals surface area contributed by atoms with E-state index >= 15 is 0 Å². The maximum absolute atomic E-state index is 4.23. The molecule has 1 aromatic carbocycles. The first-order chi connectivity index (χ1) is 7.29. The molecule has 0 aliphatic heterocycles. The molecule has 73 valence electrons. The van der Waals surface area contributed by atoms with Gasteiger partial charge < -0.3 is 4.57 Å². The molecule has 2 nitrogen and oxygen atoms in total. The first-order valence-corrected chi connectivity index (χ1v) is 4.93. The molecule has 0 saturated heterocycles. The van der Waals surface area contributed by atoms with Gasteiger partial charge in [0.1, 0.15) is 0 Å². The molecule has 0 fully saturated rings. The number of hydrogen-bond acceptors (Lipinski definition) is 1.